The summed E-state index contributed by atoms with van der Waals surface area (Å²) in [5.74, 6) is -2.29. The molecule has 3 heterocycles. The lowest BCUT2D eigenvalue weighted by atomic mass is 10.0. The van der Waals surface area contributed by atoms with Crippen LogP contribution < -0.4 is 11.1 Å². The fourth-order valence-electron chi connectivity index (χ4n) is 4.44. The molecule has 2 aliphatic heterocycles. The SMILES string of the molecule is NC(=O)C(c1ccc(F)cc1)n1cc(-c2cccc3c2CN(C2CCC(=O)NC2=O)C3=O)nn1. The molecule has 2 unspecified atom stereocenters. The maximum absolute atomic E-state index is 13.3. The minimum atomic E-state index is -1.000. The molecule has 11 heteroatoms. The Balaban J connectivity index is 1.47. The van der Waals surface area contributed by atoms with Crippen LogP contribution in [0.2, 0.25) is 0 Å². The molecule has 4 amide bonds. The third-order valence-electron chi connectivity index (χ3n) is 6.09. The molecule has 10 nitrogen and oxygen atoms in total. The number of halogens is 1. The van der Waals surface area contributed by atoms with Crippen molar-refractivity contribution in [3.8, 4) is 11.3 Å². The molecule has 1 fully saturated rings. The molecule has 0 spiro atoms. The zero-order valence-corrected chi connectivity index (χ0v) is 17.8. The largest absolute Gasteiger partial charge is 0.368 e. The van der Waals surface area contributed by atoms with Gasteiger partial charge in [-0.1, -0.05) is 29.5 Å². The van der Waals surface area contributed by atoms with E-state index < -0.39 is 29.7 Å². The first-order valence-electron chi connectivity index (χ1n) is 10.6. The van der Waals surface area contributed by atoms with Crippen LogP contribution in [0.1, 0.15) is 40.4 Å². The van der Waals surface area contributed by atoms with E-state index in [1.165, 1.54) is 40.0 Å². The summed E-state index contributed by atoms with van der Waals surface area (Å²) in [6.45, 7) is 0.167. The molecular formula is C23H19FN6O4. The van der Waals surface area contributed by atoms with Crippen molar-refractivity contribution in [2.75, 3.05) is 0 Å². The van der Waals surface area contributed by atoms with Gasteiger partial charge in [0.05, 0.1) is 6.20 Å². The number of piperidine rings is 1. The molecule has 34 heavy (non-hydrogen) atoms. The predicted molar refractivity (Wildman–Crippen MR) is 115 cm³/mol. The van der Waals surface area contributed by atoms with E-state index in [9.17, 15) is 23.6 Å². The van der Waals surface area contributed by atoms with E-state index in [0.29, 0.717) is 27.9 Å². The van der Waals surface area contributed by atoms with E-state index in [0.717, 1.165) is 0 Å². The van der Waals surface area contributed by atoms with Crippen molar-refractivity contribution in [1.82, 2.24) is 25.2 Å². The van der Waals surface area contributed by atoms with Crippen LogP contribution in [-0.2, 0) is 20.9 Å². The quantitative estimate of drug-likeness (QED) is 0.541. The van der Waals surface area contributed by atoms with Crippen LogP contribution in [0, 0.1) is 5.82 Å². The molecular weight excluding hydrogens is 443 g/mol. The third kappa shape index (κ3) is 3.60. The van der Waals surface area contributed by atoms with Gasteiger partial charge in [-0.2, -0.15) is 0 Å². The Labute approximate surface area is 192 Å². The Morgan fingerprint density at radius 3 is 2.56 bits per heavy atom. The van der Waals surface area contributed by atoms with Crippen LogP contribution in [0.25, 0.3) is 11.3 Å². The second-order valence-electron chi connectivity index (χ2n) is 8.17. The number of aromatic nitrogens is 3. The maximum atomic E-state index is 13.3. The second kappa shape index (κ2) is 8.18. The van der Waals surface area contributed by atoms with Crippen molar-refractivity contribution in [3.05, 3.63) is 71.2 Å². The summed E-state index contributed by atoms with van der Waals surface area (Å²) in [5, 5.41) is 10.5. The molecule has 1 aromatic heterocycles. The topological polar surface area (TPSA) is 140 Å². The number of nitrogens with zero attached hydrogens (tertiary/aromatic N) is 4. The molecule has 172 valence electrons. The number of imide groups is 1. The Kier molecular flexibility index (Phi) is 5.16. The first kappa shape index (κ1) is 21.4. The maximum Gasteiger partial charge on any atom is 0.255 e. The standard InChI is InChI=1S/C23H19FN6O4/c24-13-6-4-12(5-7-13)20(21(25)32)30-11-17(27-28-30)14-2-1-3-15-16(14)10-29(23(15)34)18-8-9-19(31)26-22(18)33/h1-7,11,18,20H,8-10H2,(H2,25,32)(H,26,31,33). The normalized spacial score (nSPS) is 18.6. The van der Waals surface area contributed by atoms with Gasteiger partial charge in [0.15, 0.2) is 6.04 Å². The number of primary amides is 1. The van der Waals surface area contributed by atoms with Crippen molar-refractivity contribution in [2.24, 2.45) is 5.73 Å². The second-order valence-corrected chi connectivity index (χ2v) is 8.17. The van der Waals surface area contributed by atoms with E-state index >= 15 is 0 Å². The van der Waals surface area contributed by atoms with Crippen LogP contribution in [0.3, 0.4) is 0 Å². The average molecular weight is 462 g/mol. The number of carbonyl (C=O) groups is 4. The smallest absolute Gasteiger partial charge is 0.255 e. The zero-order chi connectivity index (χ0) is 24.0. The molecule has 2 atom stereocenters. The molecule has 2 aliphatic rings. The van der Waals surface area contributed by atoms with E-state index in [1.54, 1.807) is 18.2 Å². The van der Waals surface area contributed by atoms with E-state index in [2.05, 4.69) is 15.6 Å². The predicted octanol–water partition coefficient (Wildman–Crippen LogP) is 0.920. The molecule has 3 N–H and O–H groups in total. The van der Waals surface area contributed by atoms with Crippen LogP contribution in [0.5, 0.6) is 0 Å². The van der Waals surface area contributed by atoms with Gasteiger partial charge in [0, 0.05) is 24.1 Å². The van der Waals surface area contributed by atoms with Gasteiger partial charge in [-0.05, 0) is 35.7 Å². The van der Waals surface area contributed by atoms with Crippen LogP contribution >= 0.6 is 0 Å². The van der Waals surface area contributed by atoms with Gasteiger partial charge >= 0.3 is 0 Å². The summed E-state index contributed by atoms with van der Waals surface area (Å²) in [5.41, 5.74) is 8.16. The molecule has 1 saturated heterocycles. The number of carbonyl (C=O) groups excluding carboxylic acids is 4. The van der Waals surface area contributed by atoms with Gasteiger partial charge in [-0.15, -0.1) is 5.10 Å². The fourth-order valence-corrected chi connectivity index (χ4v) is 4.44. The lowest BCUT2D eigenvalue weighted by Crippen LogP contribution is -2.52. The highest BCUT2D eigenvalue weighted by atomic mass is 19.1. The summed E-state index contributed by atoms with van der Waals surface area (Å²) in [6, 6.07) is 8.74. The Morgan fingerprint density at radius 1 is 1.12 bits per heavy atom. The lowest BCUT2D eigenvalue weighted by Gasteiger charge is -2.29. The third-order valence-corrected chi connectivity index (χ3v) is 6.09. The molecule has 0 saturated carbocycles. The number of fused-ring (bicyclic) bond motifs is 1. The number of benzene rings is 2. The number of nitrogens with one attached hydrogen (secondary N) is 1. The van der Waals surface area contributed by atoms with E-state index in [1.807, 2.05) is 0 Å². The van der Waals surface area contributed by atoms with Gasteiger partial charge in [0.1, 0.15) is 17.6 Å². The number of hydrogen-bond acceptors (Lipinski definition) is 6. The summed E-state index contributed by atoms with van der Waals surface area (Å²) in [6.07, 6.45) is 1.96. The monoisotopic (exact) mass is 462 g/mol. The summed E-state index contributed by atoms with van der Waals surface area (Å²) >= 11 is 0. The first-order chi connectivity index (χ1) is 16.3. The number of rotatable bonds is 5. The van der Waals surface area contributed by atoms with E-state index in [-0.39, 0.29) is 31.2 Å². The van der Waals surface area contributed by atoms with Crippen molar-refractivity contribution in [2.45, 2.75) is 31.5 Å². The zero-order valence-electron chi connectivity index (χ0n) is 17.8. The van der Waals surface area contributed by atoms with Gasteiger partial charge in [0.2, 0.25) is 17.7 Å². The van der Waals surface area contributed by atoms with Crippen molar-refractivity contribution in [3.63, 3.8) is 0 Å². The number of amides is 4. The highest BCUT2D eigenvalue weighted by Crippen LogP contribution is 2.34. The van der Waals surface area contributed by atoms with Crippen LogP contribution in [-0.4, -0.2) is 49.6 Å². The van der Waals surface area contributed by atoms with Gasteiger partial charge in [-0.3, -0.25) is 24.5 Å². The minimum absolute atomic E-state index is 0.162. The van der Waals surface area contributed by atoms with Crippen molar-refractivity contribution < 1.29 is 23.6 Å². The average Bonchev–Trinajstić information content (AvgIpc) is 3.40. The fraction of sp³-hybridized carbons (Fsp3) is 0.217. The van der Waals surface area contributed by atoms with Crippen molar-refractivity contribution in [1.29, 1.82) is 0 Å². The van der Waals surface area contributed by atoms with Gasteiger partial charge in [0.25, 0.3) is 5.91 Å². The molecule has 0 aliphatic carbocycles. The lowest BCUT2D eigenvalue weighted by molar-refractivity contribution is -0.137. The molecule has 2 aromatic carbocycles. The molecule has 0 bridgehead atoms. The Morgan fingerprint density at radius 2 is 1.85 bits per heavy atom. The number of nitrogens with two attached hydrogens (primary N) is 1. The Bertz CT molecular complexity index is 1340. The van der Waals surface area contributed by atoms with Crippen LogP contribution in [0.4, 0.5) is 4.39 Å². The van der Waals surface area contributed by atoms with Crippen LogP contribution in [0.15, 0.2) is 48.7 Å². The van der Waals surface area contributed by atoms with Gasteiger partial charge < -0.3 is 10.6 Å². The number of hydrogen-bond donors (Lipinski definition) is 2. The Hall–Kier alpha value is -4.41. The highest BCUT2D eigenvalue weighted by Gasteiger charge is 2.40. The molecule has 0 radical (unpaired) electrons. The molecule has 5 rings (SSSR count). The van der Waals surface area contributed by atoms with Gasteiger partial charge in [-0.25, -0.2) is 9.07 Å². The molecule has 3 aromatic rings. The van der Waals surface area contributed by atoms with E-state index in [4.69, 9.17) is 5.73 Å². The highest BCUT2D eigenvalue weighted by molar-refractivity contribution is 6.06. The first-order valence-corrected chi connectivity index (χ1v) is 10.6. The summed E-state index contributed by atoms with van der Waals surface area (Å²) in [7, 11) is 0. The summed E-state index contributed by atoms with van der Waals surface area (Å²) < 4.78 is 14.6. The summed E-state index contributed by atoms with van der Waals surface area (Å²) in [4.78, 5) is 50.5. The minimum Gasteiger partial charge on any atom is -0.368 e. The van der Waals surface area contributed by atoms with Crippen molar-refractivity contribution >= 4 is 23.6 Å².